The van der Waals surface area contributed by atoms with Crippen LogP contribution in [0.15, 0.2) is 18.2 Å². The molecule has 0 aliphatic carbocycles. The first-order valence-corrected chi connectivity index (χ1v) is 7.59. The summed E-state index contributed by atoms with van der Waals surface area (Å²) in [7, 11) is 2.10. The van der Waals surface area contributed by atoms with Gasteiger partial charge in [0.1, 0.15) is 0 Å². The zero-order chi connectivity index (χ0) is 14.1. The Balaban J connectivity index is 1.84. The third-order valence-electron chi connectivity index (χ3n) is 3.66. The summed E-state index contributed by atoms with van der Waals surface area (Å²) < 4.78 is 0.972. The second-order valence-electron chi connectivity index (χ2n) is 5.18. The molecule has 0 saturated carbocycles. The van der Waals surface area contributed by atoms with Crippen LogP contribution in [0.2, 0.25) is 0 Å². The second kappa shape index (κ2) is 5.38. The Bertz CT molecular complexity index is 639. The predicted octanol–water partition coefficient (Wildman–Crippen LogP) is 1.66. The van der Waals surface area contributed by atoms with Crippen molar-refractivity contribution < 1.29 is 4.79 Å². The summed E-state index contributed by atoms with van der Waals surface area (Å²) in [4.78, 5) is 21.0. The van der Waals surface area contributed by atoms with Crippen LogP contribution in [-0.4, -0.2) is 53.9 Å². The standard InChI is InChI=1S/C14H18N4OS/c1-17-5-2-6-18(8-7-17)13(19)10-3-4-11-12(9-10)20-14(15)16-11/h3-4,9H,2,5-8H2,1H3,(H2,15,16). The smallest absolute Gasteiger partial charge is 0.253 e. The summed E-state index contributed by atoms with van der Waals surface area (Å²) in [6.45, 7) is 3.60. The molecule has 1 aliphatic rings. The fourth-order valence-electron chi connectivity index (χ4n) is 2.51. The predicted molar refractivity (Wildman–Crippen MR) is 82.0 cm³/mol. The Kier molecular flexibility index (Phi) is 3.58. The lowest BCUT2D eigenvalue weighted by Crippen LogP contribution is -2.34. The van der Waals surface area contributed by atoms with E-state index in [0.717, 1.165) is 48.4 Å². The van der Waals surface area contributed by atoms with Crippen molar-refractivity contribution in [3.05, 3.63) is 23.8 Å². The Morgan fingerprint density at radius 3 is 3.00 bits per heavy atom. The topological polar surface area (TPSA) is 62.5 Å². The Labute approximate surface area is 122 Å². The number of hydrogen-bond acceptors (Lipinski definition) is 5. The molecule has 2 aromatic rings. The molecule has 1 aromatic heterocycles. The molecule has 106 valence electrons. The molecule has 6 heteroatoms. The van der Waals surface area contributed by atoms with Gasteiger partial charge in [0.05, 0.1) is 10.2 Å². The summed E-state index contributed by atoms with van der Waals surface area (Å²) in [5.41, 5.74) is 7.29. The third-order valence-corrected chi connectivity index (χ3v) is 4.51. The SMILES string of the molecule is CN1CCCN(C(=O)c2ccc3nc(N)sc3c2)CC1. The van der Waals surface area contributed by atoms with E-state index in [0.29, 0.717) is 5.13 Å². The van der Waals surface area contributed by atoms with Gasteiger partial charge < -0.3 is 15.5 Å². The first kappa shape index (κ1) is 13.3. The van der Waals surface area contributed by atoms with Crippen molar-refractivity contribution in [1.82, 2.24) is 14.8 Å². The molecule has 5 nitrogen and oxygen atoms in total. The van der Waals surface area contributed by atoms with E-state index in [1.807, 2.05) is 23.1 Å². The molecule has 1 aliphatic heterocycles. The van der Waals surface area contributed by atoms with E-state index in [4.69, 9.17) is 5.73 Å². The molecule has 0 spiro atoms. The van der Waals surface area contributed by atoms with Gasteiger partial charge >= 0.3 is 0 Å². The highest BCUT2D eigenvalue weighted by Crippen LogP contribution is 2.25. The first-order valence-electron chi connectivity index (χ1n) is 6.77. The van der Waals surface area contributed by atoms with Crippen LogP contribution in [0.25, 0.3) is 10.2 Å². The van der Waals surface area contributed by atoms with Crippen LogP contribution in [0.3, 0.4) is 0 Å². The number of anilines is 1. The van der Waals surface area contributed by atoms with Gasteiger partial charge in [-0.05, 0) is 38.2 Å². The lowest BCUT2D eigenvalue weighted by Gasteiger charge is -2.20. The Hall–Kier alpha value is -1.66. The maximum Gasteiger partial charge on any atom is 0.253 e. The van der Waals surface area contributed by atoms with Gasteiger partial charge in [-0.25, -0.2) is 4.98 Å². The summed E-state index contributed by atoms with van der Waals surface area (Å²) in [5.74, 6) is 0.106. The molecule has 0 bridgehead atoms. The maximum absolute atomic E-state index is 12.6. The number of fused-ring (bicyclic) bond motifs is 1. The number of nitrogens with two attached hydrogens (primary N) is 1. The number of likely N-dealkylation sites (N-methyl/N-ethyl adjacent to an activating group) is 1. The van der Waals surface area contributed by atoms with Gasteiger partial charge in [0.2, 0.25) is 0 Å². The van der Waals surface area contributed by atoms with Gasteiger partial charge in [-0.1, -0.05) is 11.3 Å². The van der Waals surface area contributed by atoms with Gasteiger partial charge in [0, 0.05) is 25.2 Å². The van der Waals surface area contributed by atoms with E-state index >= 15 is 0 Å². The van der Waals surface area contributed by atoms with Gasteiger partial charge in [0.15, 0.2) is 5.13 Å². The number of benzene rings is 1. The zero-order valence-electron chi connectivity index (χ0n) is 11.5. The van der Waals surface area contributed by atoms with Crippen LogP contribution >= 0.6 is 11.3 Å². The molecule has 0 unspecified atom stereocenters. The lowest BCUT2D eigenvalue weighted by molar-refractivity contribution is 0.0763. The zero-order valence-corrected chi connectivity index (χ0v) is 12.3. The number of hydrogen-bond donors (Lipinski definition) is 1. The van der Waals surface area contributed by atoms with E-state index in [1.165, 1.54) is 11.3 Å². The van der Waals surface area contributed by atoms with E-state index in [1.54, 1.807) is 0 Å². The molecule has 1 amide bonds. The lowest BCUT2D eigenvalue weighted by atomic mass is 10.2. The van der Waals surface area contributed by atoms with Gasteiger partial charge in [-0.15, -0.1) is 0 Å². The number of carbonyl (C=O) groups excluding carboxylic acids is 1. The monoisotopic (exact) mass is 290 g/mol. The number of nitrogen functional groups attached to an aromatic ring is 1. The molecule has 0 atom stereocenters. The summed E-state index contributed by atoms with van der Waals surface area (Å²) >= 11 is 1.42. The maximum atomic E-state index is 12.6. The van der Waals surface area contributed by atoms with E-state index in [2.05, 4.69) is 16.9 Å². The van der Waals surface area contributed by atoms with Crippen LogP contribution in [0.4, 0.5) is 5.13 Å². The quantitative estimate of drug-likeness (QED) is 0.867. The molecular formula is C14H18N4OS. The number of nitrogens with zero attached hydrogens (tertiary/aromatic N) is 3. The van der Waals surface area contributed by atoms with Crippen molar-refractivity contribution in [2.75, 3.05) is 39.0 Å². The molecule has 20 heavy (non-hydrogen) atoms. The normalized spacial score (nSPS) is 17.4. The van der Waals surface area contributed by atoms with Gasteiger partial charge in [0.25, 0.3) is 5.91 Å². The van der Waals surface area contributed by atoms with Crippen LogP contribution in [0.5, 0.6) is 0 Å². The van der Waals surface area contributed by atoms with Crippen LogP contribution in [-0.2, 0) is 0 Å². The van der Waals surface area contributed by atoms with E-state index in [-0.39, 0.29) is 5.91 Å². The molecule has 2 N–H and O–H groups in total. The van der Waals surface area contributed by atoms with Gasteiger partial charge in [-0.2, -0.15) is 0 Å². The number of rotatable bonds is 1. The number of aromatic nitrogens is 1. The van der Waals surface area contributed by atoms with Crippen LogP contribution < -0.4 is 5.73 Å². The van der Waals surface area contributed by atoms with Crippen molar-refractivity contribution >= 4 is 32.6 Å². The highest BCUT2D eigenvalue weighted by molar-refractivity contribution is 7.22. The van der Waals surface area contributed by atoms with E-state index in [9.17, 15) is 4.79 Å². The van der Waals surface area contributed by atoms with E-state index < -0.39 is 0 Å². The highest BCUT2D eigenvalue weighted by Gasteiger charge is 2.19. The Morgan fingerprint density at radius 1 is 1.30 bits per heavy atom. The fourth-order valence-corrected chi connectivity index (χ4v) is 3.28. The summed E-state index contributed by atoms with van der Waals surface area (Å²) in [6, 6.07) is 5.62. The molecule has 2 heterocycles. The average Bonchev–Trinajstić information content (AvgIpc) is 2.66. The minimum atomic E-state index is 0.106. The first-order chi connectivity index (χ1) is 9.63. The largest absolute Gasteiger partial charge is 0.375 e. The minimum Gasteiger partial charge on any atom is -0.375 e. The molecule has 1 aromatic carbocycles. The van der Waals surface area contributed by atoms with Crippen LogP contribution in [0.1, 0.15) is 16.8 Å². The van der Waals surface area contributed by atoms with Crippen molar-refractivity contribution in [1.29, 1.82) is 0 Å². The van der Waals surface area contributed by atoms with Crippen molar-refractivity contribution in [2.24, 2.45) is 0 Å². The molecular weight excluding hydrogens is 272 g/mol. The number of thiazole rings is 1. The second-order valence-corrected chi connectivity index (χ2v) is 6.25. The van der Waals surface area contributed by atoms with Crippen molar-refractivity contribution in [3.8, 4) is 0 Å². The van der Waals surface area contributed by atoms with Gasteiger partial charge in [-0.3, -0.25) is 4.79 Å². The van der Waals surface area contributed by atoms with Crippen LogP contribution in [0, 0.1) is 0 Å². The third kappa shape index (κ3) is 2.62. The van der Waals surface area contributed by atoms with Crippen molar-refractivity contribution in [3.63, 3.8) is 0 Å². The summed E-state index contributed by atoms with van der Waals surface area (Å²) in [5, 5.41) is 0.543. The minimum absolute atomic E-state index is 0.106. The molecule has 0 radical (unpaired) electrons. The number of amides is 1. The molecule has 1 fully saturated rings. The number of carbonyl (C=O) groups is 1. The highest BCUT2D eigenvalue weighted by atomic mass is 32.1. The average molecular weight is 290 g/mol. The van der Waals surface area contributed by atoms with Crippen molar-refractivity contribution in [2.45, 2.75) is 6.42 Å². The molecule has 3 rings (SSSR count). The fraction of sp³-hybridized carbons (Fsp3) is 0.429. The Morgan fingerprint density at radius 2 is 2.15 bits per heavy atom. The molecule has 1 saturated heterocycles. The summed E-state index contributed by atoms with van der Waals surface area (Å²) in [6.07, 6.45) is 1.03.